The van der Waals surface area contributed by atoms with Crippen LogP contribution in [0.3, 0.4) is 0 Å². The minimum absolute atomic E-state index is 0.0281. The lowest BCUT2D eigenvalue weighted by molar-refractivity contribution is 0.0761. The molecule has 1 amide bonds. The van der Waals surface area contributed by atoms with Crippen LogP contribution in [0.4, 0.5) is 0 Å². The lowest BCUT2D eigenvalue weighted by Gasteiger charge is -2.42. The molecule has 4 rings (SSSR count). The van der Waals surface area contributed by atoms with Crippen molar-refractivity contribution < 1.29 is 9.59 Å². The van der Waals surface area contributed by atoms with Gasteiger partial charge in [0.05, 0.1) is 5.56 Å². The van der Waals surface area contributed by atoms with Crippen LogP contribution in [-0.4, -0.2) is 42.9 Å². The highest BCUT2D eigenvalue weighted by Gasteiger charge is 2.37. The largest absolute Gasteiger partial charge is 0.314 e. The summed E-state index contributed by atoms with van der Waals surface area (Å²) in [5.41, 5.74) is 7.17. The van der Waals surface area contributed by atoms with Crippen LogP contribution in [0.1, 0.15) is 77.9 Å². The van der Waals surface area contributed by atoms with Gasteiger partial charge in [0.1, 0.15) is 0 Å². The van der Waals surface area contributed by atoms with Crippen LogP contribution in [0.5, 0.6) is 0 Å². The second-order valence-electron chi connectivity index (χ2n) is 10.1. The molecule has 164 valence electrons. The lowest BCUT2D eigenvalue weighted by Crippen LogP contribution is -2.52. The predicted molar refractivity (Wildman–Crippen MR) is 124 cm³/mol. The number of benzene rings is 2. The van der Waals surface area contributed by atoms with Gasteiger partial charge in [-0.25, -0.2) is 5.01 Å². The molecule has 0 aromatic heterocycles. The second-order valence-corrected chi connectivity index (χ2v) is 10.1. The number of carbonyl (C=O) groups excluding carboxylic acids is 2. The molecule has 2 N–H and O–H groups in total. The van der Waals surface area contributed by atoms with Gasteiger partial charge in [-0.15, -0.1) is 0 Å². The van der Waals surface area contributed by atoms with E-state index in [0.717, 1.165) is 39.0 Å². The summed E-state index contributed by atoms with van der Waals surface area (Å²) in [6.45, 7) is 12.2. The predicted octanol–water partition coefficient (Wildman–Crippen LogP) is 3.82. The summed E-state index contributed by atoms with van der Waals surface area (Å²) in [4.78, 5) is 26.5. The summed E-state index contributed by atoms with van der Waals surface area (Å²) in [6, 6.07) is 13.2. The standard InChI is InChI=1S/C26H33N3O2/c1-25(2)11-12-26(3,4)22-17-18(9-10-21(22)25)23(30)19-7-5-6-8-20(19)24(31)28-29-15-13-27-14-16-29/h5-10,17,27H,11-16H2,1-4H3,(H,28,31). The van der Waals surface area contributed by atoms with Gasteiger partial charge in [0.15, 0.2) is 5.78 Å². The first-order chi connectivity index (χ1) is 14.7. The van der Waals surface area contributed by atoms with Crippen LogP contribution in [0.2, 0.25) is 0 Å². The number of amides is 1. The van der Waals surface area contributed by atoms with Gasteiger partial charge in [0.2, 0.25) is 0 Å². The fourth-order valence-corrected chi connectivity index (χ4v) is 4.75. The van der Waals surface area contributed by atoms with Gasteiger partial charge in [-0.3, -0.25) is 15.0 Å². The topological polar surface area (TPSA) is 61.4 Å². The van der Waals surface area contributed by atoms with Crippen molar-refractivity contribution in [3.63, 3.8) is 0 Å². The smallest absolute Gasteiger partial charge is 0.266 e. The van der Waals surface area contributed by atoms with Crippen molar-refractivity contribution in [2.75, 3.05) is 26.2 Å². The van der Waals surface area contributed by atoms with E-state index >= 15 is 0 Å². The average Bonchev–Trinajstić information content (AvgIpc) is 2.77. The third-order valence-electron chi connectivity index (χ3n) is 6.91. The molecule has 0 bridgehead atoms. The van der Waals surface area contributed by atoms with Crippen LogP contribution in [0.25, 0.3) is 0 Å². The van der Waals surface area contributed by atoms with Gasteiger partial charge >= 0.3 is 0 Å². The number of nitrogens with zero attached hydrogens (tertiary/aromatic N) is 1. The first-order valence-corrected chi connectivity index (χ1v) is 11.2. The maximum absolute atomic E-state index is 13.5. The van der Waals surface area contributed by atoms with E-state index in [4.69, 9.17) is 0 Å². The zero-order valence-corrected chi connectivity index (χ0v) is 19.0. The van der Waals surface area contributed by atoms with E-state index in [0.29, 0.717) is 16.7 Å². The number of piperazine rings is 1. The van der Waals surface area contributed by atoms with E-state index < -0.39 is 0 Å². The summed E-state index contributed by atoms with van der Waals surface area (Å²) < 4.78 is 0. The fraction of sp³-hybridized carbons (Fsp3) is 0.462. The molecule has 0 unspecified atom stereocenters. The normalized spacial score (nSPS) is 20.0. The molecule has 0 spiro atoms. The molecular weight excluding hydrogens is 386 g/mol. The molecule has 2 aromatic rings. The molecule has 2 aromatic carbocycles. The zero-order valence-electron chi connectivity index (χ0n) is 19.0. The van der Waals surface area contributed by atoms with Crippen LogP contribution in [-0.2, 0) is 10.8 Å². The van der Waals surface area contributed by atoms with Gasteiger partial charge in [-0.05, 0) is 46.9 Å². The minimum atomic E-state index is -0.231. The number of hydrogen-bond acceptors (Lipinski definition) is 4. The number of fused-ring (bicyclic) bond motifs is 1. The molecule has 1 aliphatic heterocycles. The quantitative estimate of drug-likeness (QED) is 0.740. The van der Waals surface area contributed by atoms with E-state index in [2.05, 4.69) is 50.6 Å². The Labute approximate surface area is 185 Å². The summed E-state index contributed by atoms with van der Waals surface area (Å²) in [6.07, 6.45) is 2.23. The molecular formula is C26H33N3O2. The van der Waals surface area contributed by atoms with Crippen molar-refractivity contribution >= 4 is 11.7 Å². The van der Waals surface area contributed by atoms with Crippen LogP contribution < -0.4 is 10.7 Å². The third kappa shape index (κ3) is 4.30. The number of hydrazine groups is 1. The molecule has 0 atom stereocenters. The first-order valence-electron chi connectivity index (χ1n) is 11.2. The van der Waals surface area contributed by atoms with Gasteiger partial charge in [-0.2, -0.15) is 0 Å². The minimum Gasteiger partial charge on any atom is -0.314 e. The van der Waals surface area contributed by atoms with Crippen LogP contribution in [0, 0.1) is 0 Å². The summed E-state index contributed by atoms with van der Waals surface area (Å²) in [5.74, 6) is -0.335. The number of nitrogens with one attached hydrogen (secondary N) is 2. The van der Waals surface area contributed by atoms with E-state index in [1.54, 1.807) is 12.1 Å². The van der Waals surface area contributed by atoms with Gasteiger partial charge < -0.3 is 5.32 Å². The Bertz CT molecular complexity index is 1000. The van der Waals surface area contributed by atoms with Gasteiger partial charge in [0.25, 0.3) is 5.91 Å². The Kier molecular flexibility index (Phi) is 5.75. The molecule has 0 radical (unpaired) electrons. The second kappa shape index (κ2) is 8.21. The van der Waals surface area contributed by atoms with Crippen molar-refractivity contribution in [3.05, 3.63) is 70.3 Å². The van der Waals surface area contributed by atoms with Gasteiger partial charge in [-0.1, -0.05) is 58.0 Å². The SMILES string of the molecule is CC1(C)CCC(C)(C)c2cc(C(=O)c3ccccc3C(=O)NN3CCNCC3)ccc21. The van der Waals surface area contributed by atoms with Crippen molar-refractivity contribution in [1.29, 1.82) is 0 Å². The zero-order chi connectivity index (χ0) is 22.2. The maximum atomic E-state index is 13.5. The van der Waals surface area contributed by atoms with Crippen molar-refractivity contribution in [2.24, 2.45) is 0 Å². The molecule has 1 fully saturated rings. The molecule has 1 heterocycles. The van der Waals surface area contributed by atoms with Crippen LogP contribution in [0.15, 0.2) is 42.5 Å². The van der Waals surface area contributed by atoms with Crippen molar-refractivity contribution in [3.8, 4) is 0 Å². The number of ketones is 1. The van der Waals surface area contributed by atoms with E-state index in [9.17, 15) is 9.59 Å². The molecule has 2 aliphatic rings. The van der Waals surface area contributed by atoms with Crippen molar-refractivity contribution in [1.82, 2.24) is 15.8 Å². The van der Waals surface area contributed by atoms with E-state index in [1.807, 2.05) is 23.2 Å². The van der Waals surface area contributed by atoms with E-state index in [1.165, 1.54) is 11.1 Å². The Morgan fingerprint density at radius 3 is 2.16 bits per heavy atom. The Morgan fingerprint density at radius 1 is 0.871 bits per heavy atom. The molecule has 0 saturated carbocycles. The van der Waals surface area contributed by atoms with Crippen molar-refractivity contribution in [2.45, 2.75) is 51.4 Å². The van der Waals surface area contributed by atoms with Gasteiger partial charge in [0, 0.05) is 37.3 Å². The Balaban J connectivity index is 1.66. The Hall–Kier alpha value is -2.50. The first kappa shape index (κ1) is 21.7. The lowest BCUT2D eigenvalue weighted by atomic mass is 9.63. The van der Waals surface area contributed by atoms with Crippen LogP contribution >= 0.6 is 0 Å². The Morgan fingerprint density at radius 2 is 1.48 bits per heavy atom. The monoisotopic (exact) mass is 419 g/mol. The average molecular weight is 420 g/mol. The summed E-state index contributed by atoms with van der Waals surface area (Å²) in [7, 11) is 0. The molecule has 5 heteroatoms. The number of carbonyl (C=O) groups is 2. The molecule has 1 aliphatic carbocycles. The molecule has 5 nitrogen and oxygen atoms in total. The summed E-state index contributed by atoms with van der Waals surface area (Å²) in [5, 5.41) is 5.18. The third-order valence-corrected chi connectivity index (χ3v) is 6.91. The number of rotatable bonds is 4. The highest BCUT2D eigenvalue weighted by molar-refractivity contribution is 6.15. The fourth-order valence-electron chi connectivity index (χ4n) is 4.75. The number of hydrogen-bond donors (Lipinski definition) is 2. The highest BCUT2D eigenvalue weighted by Crippen LogP contribution is 2.46. The molecule has 31 heavy (non-hydrogen) atoms. The summed E-state index contributed by atoms with van der Waals surface area (Å²) >= 11 is 0. The highest BCUT2D eigenvalue weighted by atomic mass is 16.2. The molecule has 1 saturated heterocycles. The maximum Gasteiger partial charge on any atom is 0.266 e. The van der Waals surface area contributed by atoms with E-state index in [-0.39, 0.29) is 22.5 Å².